The van der Waals surface area contributed by atoms with Crippen LogP contribution in [0.3, 0.4) is 0 Å². The molecule has 150 valence electrons. The molecule has 1 aliphatic rings. The molecule has 1 fully saturated rings. The summed E-state index contributed by atoms with van der Waals surface area (Å²) in [5, 5.41) is 0. The molecular formula is C22H29N3O3. The minimum Gasteiger partial charge on any atom is -0.461 e. The highest BCUT2D eigenvalue weighted by molar-refractivity contribution is 6.03. The second kappa shape index (κ2) is 9.06. The van der Waals surface area contributed by atoms with Crippen LogP contribution in [0.25, 0.3) is 0 Å². The molecule has 0 amide bonds. The van der Waals surface area contributed by atoms with Gasteiger partial charge in [0.15, 0.2) is 5.78 Å². The summed E-state index contributed by atoms with van der Waals surface area (Å²) in [6.45, 7) is 9.71. The van der Waals surface area contributed by atoms with Crippen LogP contribution in [-0.2, 0) is 4.74 Å². The minimum absolute atomic E-state index is 0.0509. The Balaban J connectivity index is 1.66. The molecule has 3 rings (SSSR count). The van der Waals surface area contributed by atoms with Crippen molar-refractivity contribution >= 4 is 17.4 Å². The minimum atomic E-state index is -0.407. The predicted octanol–water partition coefficient (Wildman–Crippen LogP) is 3.20. The van der Waals surface area contributed by atoms with Crippen molar-refractivity contribution in [2.75, 3.05) is 44.2 Å². The van der Waals surface area contributed by atoms with Gasteiger partial charge in [0.05, 0.1) is 13.2 Å². The zero-order chi connectivity index (χ0) is 20.1. The molecule has 0 atom stereocenters. The maximum atomic E-state index is 13.0. The second-order valence-corrected chi connectivity index (χ2v) is 7.22. The lowest BCUT2D eigenvalue weighted by Crippen LogP contribution is -2.34. The number of para-hydroxylation sites is 1. The van der Waals surface area contributed by atoms with Crippen LogP contribution >= 0.6 is 0 Å². The molecule has 6 heteroatoms. The second-order valence-electron chi connectivity index (χ2n) is 7.22. The molecule has 0 aliphatic carbocycles. The van der Waals surface area contributed by atoms with E-state index in [4.69, 9.17) is 4.74 Å². The van der Waals surface area contributed by atoms with E-state index >= 15 is 0 Å². The van der Waals surface area contributed by atoms with Crippen LogP contribution in [0.5, 0.6) is 0 Å². The van der Waals surface area contributed by atoms with Gasteiger partial charge in [-0.05, 0) is 44.9 Å². The van der Waals surface area contributed by atoms with Crippen molar-refractivity contribution in [1.82, 2.24) is 9.88 Å². The van der Waals surface area contributed by atoms with Gasteiger partial charge in [-0.2, -0.15) is 0 Å². The number of rotatable bonds is 6. The Morgan fingerprint density at radius 2 is 1.82 bits per heavy atom. The number of ketones is 1. The van der Waals surface area contributed by atoms with Gasteiger partial charge >= 0.3 is 5.97 Å². The van der Waals surface area contributed by atoms with Gasteiger partial charge in [-0.25, -0.2) is 4.79 Å². The van der Waals surface area contributed by atoms with Crippen LogP contribution in [0.1, 0.15) is 45.4 Å². The number of anilines is 1. The van der Waals surface area contributed by atoms with E-state index in [0.717, 1.165) is 38.3 Å². The van der Waals surface area contributed by atoms with Crippen LogP contribution in [0, 0.1) is 13.8 Å². The van der Waals surface area contributed by atoms with Crippen molar-refractivity contribution < 1.29 is 14.3 Å². The molecule has 0 unspecified atom stereocenters. The van der Waals surface area contributed by atoms with Crippen LogP contribution in [0.15, 0.2) is 30.3 Å². The lowest BCUT2D eigenvalue weighted by molar-refractivity contribution is 0.0519. The zero-order valence-electron chi connectivity index (χ0n) is 17.0. The van der Waals surface area contributed by atoms with E-state index in [9.17, 15) is 9.59 Å². The highest BCUT2D eigenvalue weighted by Crippen LogP contribution is 2.21. The average molecular weight is 383 g/mol. The smallest absolute Gasteiger partial charge is 0.355 e. The molecule has 0 saturated carbocycles. The van der Waals surface area contributed by atoms with Gasteiger partial charge in [-0.15, -0.1) is 0 Å². The van der Waals surface area contributed by atoms with E-state index < -0.39 is 5.97 Å². The summed E-state index contributed by atoms with van der Waals surface area (Å²) >= 11 is 0. The van der Waals surface area contributed by atoms with Gasteiger partial charge in [0.1, 0.15) is 5.69 Å². The maximum absolute atomic E-state index is 13.0. The van der Waals surface area contributed by atoms with E-state index in [1.807, 2.05) is 19.9 Å². The third-order valence-electron chi connectivity index (χ3n) is 5.27. The zero-order valence-corrected chi connectivity index (χ0v) is 17.0. The third kappa shape index (κ3) is 4.44. The molecule has 28 heavy (non-hydrogen) atoms. The summed E-state index contributed by atoms with van der Waals surface area (Å²) in [6, 6.07) is 10.4. The number of Topliss-reactive ketones (excluding diaryl/α,β-unsaturated/α-hetero) is 1. The monoisotopic (exact) mass is 383 g/mol. The number of aromatic amines is 1. The summed E-state index contributed by atoms with van der Waals surface area (Å²) < 4.78 is 5.08. The first-order valence-corrected chi connectivity index (χ1v) is 9.93. The molecular weight excluding hydrogens is 354 g/mol. The fraction of sp³-hybridized carbons (Fsp3) is 0.455. The number of nitrogens with one attached hydrogen (secondary N) is 1. The number of carbonyl (C=O) groups excluding carboxylic acids is 2. The Bertz CT molecular complexity index is 829. The molecule has 1 saturated heterocycles. The molecule has 1 N–H and O–H groups in total. The van der Waals surface area contributed by atoms with Gasteiger partial charge in [-0.1, -0.05) is 18.2 Å². The van der Waals surface area contributed by atoms with Crippen LogP contribution in [0.2, 0.25) is 0 Å². The first-order valence-electron chi connectivity index (χ1n) is 9.93. The van der Waals surface area contributed by atoms with Crippen LogP contribution < -0.4 is 4.90 Å². The standard InChI is InChI=1S/C22H29N3O3/c1-4-28-22(27)21-16(2)20(17(3)23-21)19(26)15-24-11-8-12-25(14-13-24)18-9-6-5-7-10-18/h5-7,9-10,23H,4,8,11-15H2,1-3H3. The molecule has 0 spiro atoms. The highest BCUT2D eigenvalue weighted by Gasteiger charge is 2.25. The number of H-pyrrole nitrogens is 1. The summed E-state index contributed by atoms with van der Waals surface area (Å²) in [7, 11) is 0. The predicted molar refractivity (Wildman–Crippen MR) is 110 cm³/mol. The number of benzene rings is 1. The number of nitrogens with zero attached hydrogens (tertiary/aromatic N) is 2. The van der Waals surface area contributed by atoms with E-state index in [2.05, 4.69) is 39.0 Å². The molecule has 2 heterocycles. The molecule has 1 aliphatic heterocycles. The summed E-state index contributed by atoms with van der Waals surface area (Å²) in [4.78, 5) is 32.7. The van der Waals surface area contributed by atoms with E-state index in [0.29, 0.717) is 30.0 Å². The lowest BCUT2D eigenvalue weighted by atomic mass is 10.1. The fourth-order valence-corrected chi connectivity index (χ4v) is 3.88. The van der Waals surface area contributed by atoms with Crippen molar-refractivity contribution in [2.24, 2.45) is 0 Å². The normalized spacial score (nSPS) is 15.3. The van der Waals surface area contributed by atoms with Crippen LogP contribution in [0.4, 0.5) is 5.69 Å². The summed E-state index contributed by atoms with van der Waals surface area (Å²) in [5.41, 5.74) is 3.64. The number of aromatic nitrogens is 1. The van der Waals surface area contributed by atoms with Crippen molar-refractivity contribution in [3.63, 3.8) is 0 Å². The Kier molecular flexibility index (Phi) is 6.52. The Labute approximate surface area is 166 Å². The Morgan fingerprint density at radius 1 is 1.07 bits per heavy atom. The lowest BCUT2D eigenvalue weighted by Gasteiger charge is -2.23. The van der Waals surface area contributed by atoms with Gasteiger partial charge < -0.3 is 14.6 Å². The Morgan fingerprint density at radius 3 is 2.54 bits per heavy atom. The van der Waals surface area contributed by atoms with Crippen molar-refractivity contribution in [2.45, 2.75) is 27.2 Å². The number of carbonyl (C=O) groups is 2. The number of ether oxygens (including phenoxy) is 1. The van der Waals surface area contributed by atoms with Crippen molar-refractivity contribution in [3.05, 3.63) is 52.8 Å². The molecule has 2 aromatic rings. The summed E-state index contributed by atoms with van der Waals surface area (Å²) in [6.07, 6.45) is 1.02. The average Bonchev–Trinajstić information content (AvgIpc) is 2.83. The van der Waals surface area contributed by atoms with E-state index in [1.165, 1.54) is 5.69 Å². The van der Waals surface area contributed by atoms with Gasteiger partial charge in [0.25, 0.3) is 0 Å². The SMILES string of the molecule is CCOC(=O)c1[nH]c(C)c(C(=O)CN2CCCN(c3ccccc3)CC2)c1C. The molecule has 1 aromatic heterocycles. The van der Waals surface area contributed by atoms with Crippen molar-refractivity contribution in [3.8, 4) is 0 Å². The number of esters is 1. The maximum Gasteiger partial charge on any atom is 0.355 e. The number of aryl methyl sites for hydroxylation is 1. The molecule has 0 bridgehead atoms. The molecule has 1 aromatic carbocycles. The van der Waals surface area contributed by atoms with Crippen LogP contribution in [-0.4, -0.2) is 61.0 Å². The van der Waals surface area contributed by atoms with E-state index in [1.54, 1.807) is 6.92 Å². The third-order valence-corrected chi connectivity index (χ3v) is 5.27. The summed E-state index contributed by atoms with van der Waals surface area (Å²) in [5.74, 6) is -0.356. The first kappa shape index (κ1) is 20.1. The fourth-order valence-electron chi connectivity index (χ4n) is 3.88. The topological polar surface area (TPSA) is 65.6 Å². The van der Waals surface area contributed by atoms with Gasteiger partial charge in [0, 0.05) is 43.1 Å². The molecule has 6 nitrogen and oxygen atoms in total. The van der Waals surface area contributed by atoms with Gasteiger partial charge in [-0.3, -0.25) is 9.69 Å². The number of hydrogen-bond donors (Lipinski definition) is 1. The largest absolute Gasteiger partial charge is 0.461 e. The number of hydrogen-bond acceptors (Lipinski definition) is 5. The Hall–Kier alpha value is -2.60. The van der Waals surface area contributed by atoms with E-state index in [-0.39, 0.29) is 5.78 Å². The van der Waals surface area contributed by atoms with Crippen molar-refractivity contribution in [1.29, 1.82) is 0 Å². The molecule has 0 radical (unpaired) electrons. The highest BCUT2D eigenvalue weighted by atomic mass is 16.5. The van der Waals surface area contributed by atoms with Gasteiger partial charge in [0.2, 0.25) is 0 Å². The first-order chi connectivity index (χ1) is 13.5. The quantitative estimate of drug-likeness (QED) is 0.613.